The van der Waals surface area contributed by atoms with Gasteiger partial charge in [-0.15, -0.1) is 0 Å². The van der Waals surface area contributed by atoms with E-state index >= 15 is 0 Å². The van der Waals surface area contributed by atoms with Crippen molar-refractivity contribution < 1.29 is 9.21 Å². The van der Waals surface area contributed by atoms with Crippen LogP contribution in [0.5, 0.6) is 0 Å². The quantitative estimate of drug-likeness (QED) is 0.550. The van der Waals surface area contributed by atoms with Crippen LogP contribution in [-0.4, -0.2) is 30.4 Å². The van der Waals surface area contributed by atoms with Gasteiger partial charge in [0, 0.05) is 25.7 Å². The number of hydrogen-bond donors (Lipinski definition) is 3. The van der Waals surface area contributed by atoms with Crippen LogP contribution in [0.1, 0.15) is 40.2 Å². The summed E-state index contributed by atoms with van der Waals surface area (Å²) in [5.41, 5.74) is 2.61. The molecule has 1 aromatic heterocycles. The molecule has 0 fully saturated rings. The topological polar surface area (TPSA) is 91.5 Å². The highest BCUT2D eigenvalue weighted by Gasteiger charge is 2.07. The van der Waals surface area contributed by atoms with Crippen molar-refractivity contribution in [2.75, 3.05) is 13.6 Å². The van der Waals surface area contributed by atoms with Crippen LogP contribution in [0.15, 0.2) is 33.7 Å². The summed E-state index contributed by atoms with van der Waals surface area (Å²) in [7, 11) is 1.71. The van der Waals surface area contributed by atoms with Crippen LogP contribution in [0.3, 0.4) is 0 Å². The van der Waals surface area contributed by atoms with Crippen molar-refractivity contribution in [1.29, 1.82) is 0 Å². The first-order valence-corrected chi connectivity index (χ1v) is 8.28. The molecule has 1 heterocycles. The van der Waals surface area contributed by atoms with Crippen molar-refractivity contribution >= 4 is 11.9 Å². The minimum absolute atomic E-state index is 0.0592. The molecule has 2 aromatic rings. The van der Waals surface area contributed by atoms with Gasteiger partial charge in [-0.3, -0.25) is 9.79 Å². The van der Waals surface area contributed by atoms with Crippen molar-refractivity contribution in [2.45, 2.75) is 33.9 Å². The lowest BCUT2D eigenvalue weighted by Crippen LogP contribution is -2.36. The number of hydrogen-bond acceptors (Lipinski definition) is 4. The van der Waals surface area contributed by atoms with Crippen LogP contribution in [-0.2, 0) is 13.1 Å². The fourth-order valence-corrected chi connectivity index (χ4v) is 2.22. The maximum atomic E-state index is 11.7. The summed E-state index contributed by atoms with van der Waals surface area (Å²) in [6.07, 6.45) is 0. The number of nitrogens with one attached hydrogen (secondary N) is 3. The lowest BCUT2D eigenvalue weighted by molar-refractivity contribution is 0.0956. The molecule has 2 rings (SSSR count). The van der Waals surface area contributed by atoms with Gasteiger partial charge in [-0.25, -0.2) is 4.98 Å². The van der Waals surface area contributed by atoms with Crippen LogP contribution in [0.4, 0.5) is 0 Å². The van der Waals surface area contributed by atoms with E-state index in [1.54, 1.807) is 7.05 Å². The number of aromatic nitrogens is 1. The summed E-state index contributed by atoms with van der Waals surface area (Å²) in [5.74, 6) is 2.05. The number of oxazole rings is 1. The Balaban J connectivity index is 1.84. The summed E-state index contributed by atoms with van der Waals surface area (Å²) in [5, 5.41) is 9.16. The summed E-state index contributed by atoms with van der Waals surface area (Å²) >= 11 is 0. The third-order valence-corrected chi connectivity index (χ3v) is 3.72. The lowest BCUT2D eigenvalue weighted by atomic mass is 10.1. The first kappa shape index (κ1) is 18.5. The Morgan fingerprint density at radius 1 is 1.12 bits per heavy atom. The van der Waals surface area contributed by atoms with E-state index in [4.69, 9.17) is 4.42 Å². The Morgan fingerprint density at radius 3 is 2.36 bits per heavy atom. The van der Waals surface area contributed by atoms with Crippen molar-refractivity contribution in [3.05, 3.63) is 52.7 Å². The monoisotopic (exact) mass is 343 g/mol. The van der Waals surface area contributed by atoms with E-state index in [0.29, 0.717) is 37.0 Å². The molecule has 25 heavy (non-hydrogen) atoms. The molecular weight excluding hydrogens is 318 g/mol. The van der Waals surface area contributed by atoms with Gasteiger partial charge in [-0.05, 0) is 38.5 Å². The number of aliphatic imine (C=N–C) groups is 1. The van der Waals surface area contributed by atoms with Crippen molar-refractivity contribution in [3.63, 3.8) is 0 Å². The zero-order chi connectivity index (χ0) is 18.2. The molecule has 3 N–H and O–H groups in total. The molecule has 0 aliphatic carbocycles. The number of benzene rings is 1. The van der Waals surface area contributed by atoms with Crippen molar-refractivity contribution in [1.82, 2.24) is 20.9 Å². The fraction of sp³-hybridized carbons (Fsp3) is 0.389. The molecule has 0 saturated heterocycles. The molecule has 7 heteroatoms. The summed E-state index contributed by atoms with van der Waals surface area (Å²) in [6.45, 7) is 7.38. The van der Waals surface area contributed by atoms with E-state index in [0.717, 1.165) is 17.0 Å². The Bertz CT molecular complexity index is 715. The van der Waals surface area contributed by atoms with Crippen LogP contribution in [0, 0.1) is 13.8 Å². The Labute approximate surface area is 147 Å². The van der Waals surface area contributed by atoms with Gasteiger partial charge in [0.25, 0.3) is 5.91 Å². The second kappa shape index (κ2) is 8.86. The normalized spacial score (nSPS) is 11.3. The predicted molar refractivity (Wildman–Crippen MR) is 97.5 cm³/mol. The van der Waals surface area contributed by atoms with Crippen LogP contribution in [0.2, 0.25) is 0 Å². The van der Waals surface area contributed by atoms with Gasteiger partial charge in [0.05, 0.1) is 12.2 Å². The average Bonchev–Trinajstić information content (AvgIpc) is 2.93. The Hall–Kier alpha value is -2.83. The molecule has 0 aliphatic heterocycles. The first-order valence-electron chi connectivity index (χ1n) is 8.28. The standard InChI is InChI=1S/C18H25N5O2/c1-5-20-17(24)15-8-6-14(7-9-15)10-21-18(19-4)22-11-16-23-12(2)13(3)25-16/h6-9H,5,10-11H2,1-4H3,(H,20,24)(H2,19,21,22). The lowest BCUT2D eigenvalue weighted by Gasteiger charge is -2.11. The van der Waals surface area contributed by atoms with Crippen LogP contribution < -0.4 is 16.0 Å². The van der Waals surface area contributed by atoms with Crippen LogP contribution in [0.25, 0.3) is 0 Å². The zero-order valence-electron chi connectivity index (χ0n) is 15.1. The maximum Gasteiger partial charge on any atom is 0.251 e. The van der Waals surface area contributed by atoms with Crippen molar-refractivity contribution in [3.8, 4) is 0 Å². The summed E-state index contributed by atoms with van der Waals surface area (Å²) < 4.78 is 5.53. The molecule has 0 unspecified atom stereocenters. The van der Waals surface area contributed by atoms with Gasteiger partial charge in [0.2, 0.25) is 5.89 Å². The summed E-state index contributed by atoms with van der Waals surface area (Å²) in [6, 6.07) is 7.48. The molecule has 0 aliphatic rings. The number of amides is 1. The van der Waals surface area contributed by atoms with Gasteiger partial charge in [-0.2, -0.15) is 0 Å². The number of rotatable bonds is 6. The second-order valence-corrected chi connectivity index (χ2v) is 5.58. The fourth-order valence-electron chi connectivity index (χ4n) is 2.22. The third-order valence-electron chi connectivity index (χ3n) is 3.72. The van der Waals surface area contributed by atoms with Crippen molar-refractivity contribution in [2.24, 2.45) is 4.99 Å². The maximum absolute atomic E-state index is 11.7. The highest BCUT2D eigenvalue weighted by molar-refractivity contribution is 5.94. The Morgan fingerprint density at radius 2 is 1.80 bits per heavy atom. The molecule has 7 nitrogen and oxygen atoms in total. The molecule has 0 atom stereocenters. The van der Waals surface area contributed by atoms with E-state index in [9.17, 15) is 4.79 Å². The van der Waals surface area contributed by atoms with E-state index < -0.39 is 0 Å². The smallest absolute Gasteiger partial charge is 0.251 e. The number of carbonyl (C=O) groups is 1. The first-order chi connectivity index (χ1) is 12.0. The molecule has 1 aromatic carbocycles. The number of nitrogens with zero attached hydrogens (tertiary/aromatic N) is 2. The van der Waals surface area contributed by atoms with Gasteiger partial charge in [0.1, 0.15) is 5.76 Å². The molecule has 0 radical (unpaired) electrons. The predicted octanol–water partition coefficient (Wildman–Crippen LogP) is 1.91. The van der Waals surface area contributed by atoms with E-state index in [1.165, 1.54) is 0 Å². The molecule has 0 saturated carbocycles. The Kier molecular flexibility index (Phi) is 6.56. The third kappa shape index (κ3) is 5.34. The van der Waals surface area contributed by atoms with Gasteiger partial charge >= 0.3 is 0 Å². The van der Waals surface area contributed by atoms with Gasteiger partial charge in [0.15, 0.2) is 5.96 Å². The molecule has 1 amide bonds. The number of guanidine groups is 1. The van der Waals surface area contributed by atoms with E-state index in [1.807, 2.05) is 45.0 Å². The molecule has 0 spiro atoms. The minimum atomic E-state index is -0.0592. The van der Waals surface area contributed by atoms with E-state index in [2.05, 4.69) is 25.9 Å². The molecule has 0 bridgehead atoms. The molecular formula is C18H25N5O2. The number of carbonyl (C=O) groups excluding carboxylic acids is 1. The largest absolute Gasteiger partial charge is 0.444 e. The molecule has 134 valence electrons. The summed E-state index contributed by atoms with van der Waals surface area (Å²) in [4.78, 5) is 20.2. The highest BCUT2D eigenvalue weighted by atomic mass is 16.4. The van der Waals surface area contributed by atoms with E-state index in [-0.39, 0.29) is 5.91 Å². The average molecular weight is 343 g/mol. The SMILES string of the molecule is CCNC(=O)c1ccc(CNC(=NC)NCc2nc(C)c(C)o2)cc1. The van der Waals surface area contributed by atoms with Gasteiger partial charge < -0.3 is 20.4 Å². The zero-order valence-corrected chi connectivity index (χ0v) is 15.1. The highest BCUT2D eigenvalue weighted by Crippen LogP contribution is 2.08. The van der Waals surface area contributed by atoms with Crippen LogP contribution >= 0.6 is 0 Å². The minimum Gasteiger partial charge on any atom is -0.444 e. The number of aryl methyl sites for hydroxylation is 2. The second-order valence-electron chi connectivity index (χ2n) is 5.58. The van der Waals surface area contributed by atoms with Gasteiger partial charge in [-0.1, -0.05) is 12.1 Å².